The minimum Gasteiger partial charge on any atom is -0.394 e. The Morgan fingerprint density at radius 1 is 1.26 bits per heavy atom. The number of aromatic nitrogens is 2. The van der Waals surface area contributed by atoms with Crippen LogP contribution in [0.4, 0.5) is 11.8 Å². The van der Waals surface area contributed by atoms with E-state index in [9.17, 15) is 5.11 Å². The van der Waals surface area contributed by atoms with Gasteiger partial charge >= 0.3 is 0 Å². The lowest BCUT2D eigenvalue weighted by atomic mass is 10.2. The average molecular weight is 333 g/mol. The molecule has 1 saturated carbocycles. The van der Waals surface area contributed by atoms with Crippen LogP contribution in [0.25, 0.3) is 0 Å². The largest absolute Gasteiger partial charge is 0.394 e. The predicted octanol–water partition coefficient (Wildman–Crippen LogP) is 3.41. The Hall–Kier alpha value is -1.85. The van der Waals surface area contributed by atoms with E-state index in [-0.39, 0.29) is 12.6 Å². The third kappa shape index (κ3) is 4.56. The summed E-state index contributed by atoms with van der Waals surface area (Å²) in [7, 11) is 0. The SMILES string of the molecule is C[C@H](CO)Nc1nc(NCc2ccc(Cl)cc2)cc(C2CC2)n1. The number of halogens is 1. The van der Waals surface area contributed by atoms with Crippen LogP contribution < -0.4 is 10.6 Å². The van der Waals surface area contributed by atoms with Crippen LogP contribution in [0.1, 0.15) is 36.9 Å². The summed E-state index contributed by atoms with van der Waals surface area (Å²) in [6.45, 7) is 2.62. The molecule has 1 fully saturated rings. The van der Waals surface area contributed by atoms with Gasteiger partial charge in [-0.3, -0.25) is 0 Å². The summed E-state index contributed by atoms with van der Waals surface area (Å²) in [6.07, 6.45) is 2.37. The Morgan fingerprint density at radius 2 is 2.00 bits per heavy atom. The second-order valence-electron chi connectivity index (χ2n) is 5.98. The number of nitrogens with one attached hydrogen (secondary N) is 2. The standard InChI is InChI=1S/C17H21ClN4O/c1-11(10-23)20-17-21-15(13-4-5-13)8-16(22-17)19-9-12-2-6-14(18)7-3-12/h2-3,6-8,11,13,23H,4-5,9-10H2,1H3,(H2,19,20,21,22)/t11-/m1/s1. The zero-order chi connectivity index (χ0) is 16.2. The molecular weight excluding hydrogens is 312 g/mol. The first-order chi connectivity index (χ1) is 11.1. The predicted molar refractivity (Wildman–Crippen MR) is 93.0 cm³/mol. The van der Waals surface area contributed by atoms with Crippen molar-refractivity contribution in [3.8, 4) is 0 Å². The molecule has 0 amide bonds. The van der Waals surface area contributed by atoms with Crippen molar-refractivity contribution in [1.29, 1.82) is 0 Å². The summed E-state index contributed by atoms with van der Waals surface area (Å²) < 4.78 is 0. The lowest BCUT2D eigenvalue weighted by Crippen LogP contribution is -2.21. The fourth-order valence-electron chi connectivity index (χ4n) is 2.27. The van der Waals surface area contributed by atoms with Gasteiger partial charge in [0.2, 0.25) is 5.95 Å². The van der Waals surface area contributed by atoms with Gasteiger partial charge in [0.25, 0.3) is 0 Å². The van der Waals surface area contributed by atoms with Gasteiger partial charge in [-0.15, -0.1) is 0 Å². The van der Waals surface area contributed by atoms with E-state index in [0.29, 0.717) is 18.4 Å². The molecule has 0 spiro atoms. The smallest absolute Gasteiger partial charge is 0.225 e. The van der Waals surface area contributed by atoms with E-state index < -0.39 is 0 Å². The van der Waals surface area contributed by atoms with E-state index in [1.165, 1.54) is 12.8 Å². The van der Waals surface area contributed by atoms with Gasteiger partial charge in [0.15, 0.2) is 0 Å². The molecule has 122 valence electrons. The third-order valence-electron chi connectivity index (χ3n) is 3.78. The molecule has 3 rings (SSSR count). The monoisotopic (exact) mass is 332 g/mol. The van der Waals surface area contributed by atoms with Crippen LogP contribution in [-0.2, 0) is 6.54 Å². The summed E-state index contributed by atoms with van der Waals surface area (Å²) in [5.74, 6) is 1.90. The molecule has 0 saturated heterocycles. The fourth-order valence-corrected chi connectivity index (χ4v) is 2.40. The highest BCUT2D eigenvalue weighted by molar-refractivity contribution is 6.30. The summed E-state index contributed by atoms with van der Waals surface area (Å²) >= 11 is 5.90. The number of anilines is 2. The molecule has 1 aliphatic rings. The fraction of sp³-hybridized carbons (Fsp3) is 0.412. The highest BCUT2D eigenvalue weighted by atomic mass is 35.5. The van der Waals surface area contributed by atoms with Gasteiger partial charge in [-0.05, 0) is 37.5 Å². The van der Waals surface area contributed by atoms with E-state index >= 15 is 0 Å². The lowest BCUT2D eigenvalue weighted by Gasteiger charge is -2.14. The second-order valence-corrected chi connectivity index (χ2v) is 6.42. The first-order valence-corrected chi connectivity index (χ1v) is 8.26. The Balaban J connectivity index is 1.73. The second kappa shape index (κ2) is 7.15. The number of aliphatic hydroxyl groups excluding tert-OH is 1. The highest BCUT2D eigenvalue weighted by Gasteiger charge is 2.26. The van der Waals surface area contributed by atoms with Crippen molar-refractivity contribution in [3.63, 3.8) is 0 Å². The molecule has 6 heteroatoms. The Kier molecular flexibility index (Phi) is 4.98. The van der Waals surface area contributed by atoms with Gasteiger partial charge in [-0.1, -0.05) is 23.7 Å². The molecule has 0 unspecified atom stereocenters. The molecule has 0 aliphatic heterocycles. The van der Waals surface area contributed by atoms with Crippen molar-refractivity contribution in [3.05, 3.63) is 46.6 Å². The van der Waals surface area contributed by atoms with Gasteiger partial charge in [0.05, 0.1) is 12.3 Å². The topological polar surface area (TPSA) is 70.1 Å². The van der Waals surface area contributed by atoms with E-state index in [2.05, 4.69) is 20.6 Å². The average Bonchev–Trinajstić information content (AvgIpc) is 3.39. The maximum absolute atomic E-state index is 9.19. The molecule has 1 atom stereocenters. The Morgan fingerprint density at radius 3 is 2.65 bits per heavy atom. The van der Waals surface area contributed by atoms with E-state index in [0.717, 1.165) is 22.1 Å². The lowest BCUT2D eigenvalue weighted by molar-refractivity contribution is 0.281. The van der Waals surface area contributed by atoms with Gasteiger partial charge < -0.3 is 15.7 Å². The highest BCUT2D eigenvalue weighted by Crippen LogP contribution is 2.39. The molecule has 0 bridgehead atoms. The summed E-state index contributed by atoms with van der Waals surface area (Å²) in [6, 6.07) is 9.68. The minimum atomic E-state index is -0.0754. The first kappa shape index (κ1) is 16.0. The quantitative estimate of drug-likeness (QED) is 0.725. The van der Waals surface area contributed by atoms with E-state index in [4.69, 9.17) is 11.6 Å². The molecule has 1 aromatic heterocycles. The summed E-state index contributed by atoms with van der Waals surface area (Å²) in [5, 5.41) is 16.4. The maximum Gasteiger partial charge on any atom is 0.225 e. The van der Waals surface area contributed by atoms with Crippen molar-refractivity contribution in [2.24, 2.45) is 0 Å². The van der Waals surface area contributed by atoms with Gasteiger partial charge in [0.1, 0.15) is 5.82 Å². The minimum absolute atomic E-state index is 0.0462. The molecular formula is C17H21ClN4O. The number of benzene rings is 1. The van der Waals surface area contributed by atoms with Crippen LogP contribution in [0.5, 0.6) is 0 Å². The Bertz CT molecular complexity index is 658. The number of hydrogen-bond acceptors (Lipinski definition) is 5. The normalized spacial score (nSPS) is 15.3. The van der Waals surface area contributed by atoms with Crippen LogP contribution in [0.15, 0.2) is 30.3 Å². The molecule has 1 heterocycles. The van der Waals surface area contributed by atoms with Crippen LogP contribution in [0.3, 0.4) is 0 Å². The summed E-state index contributed by atoms with van der Waals surface area (Å²) in [4.78, 5) is 9.05. The van der Waals surface area contributed by atoms with Gasteiger partial charge in [0, 0.05) is 29.6 Å². The molecule has 2 aromatic rings. The van der Waals surface area contributed by atoms with Crippen molar-refractivity contribution < 1.29 is 5.11 Å². The third-order valence-corrected chi connectivity index (χ3v) is 4.03. The van der Waals surface area contributed by atoms with Crippen LogP contribution >= 0.6 is 11.6 Å². The van der Waals surface area contributed by atoms with Crippen molar-refractivity contribution in [2.45, 2.75) is 38.3 Å². The molecule has 5 nitrogen and oxygen atoms in total. The number of aliphatic hydroxyl groups is 1. The Labute approximate surface area is 141 Å². The van der Waals surface area contributed by atoms with Crippen LogP contribution in [-0.4, -0.2) is 27.7 Å². The molecule has 3 N–H and O–H groups in total. The maximum atomic E-state index is 9.19. The zero-order valence-electron chi connectivity index (χ0n) is 13.1. The van der Waals surface area contributed by atoms with E-state index in [1.807, 2.05) is 37.3 Å². The van der Waals surface area contributed by atoms with Crippen molar-refractivity contribution in [2.75, 3.05) is 17.2 Å². The number of rotatable bonds is 7. The number of nitrogens with zero attached hydrogens (tertiary/aromatic N) is 2. The van der Waals surface area contributed by atoms with Crippen molar-refractivity contribution >= 4 is 23.4 Å². The first-order valence-electron chi connectivity index (χ1n) is 7.88. The number of hydrogen-bond donors (Lipinski definition) is 3. The van der Waals surface area contributed by atoms with Gasteiger partial charge in [-0.2, -0.15) is 4.98 Å². The molecule has 1 aliphatic carbocycles. The molecule has 1 aromatic carbocycles. The van der Waals surface area contributed by atoms with Crippen LogP contribution in [0.2, 0.25) is 5.02 Å². The summed E-state index contributed by atoms with van der Waals surface area (Å²) in [5.41, 5.74) is 2.20. The molecule has 0 radical (unpaired) electrons. The zero-order valence-corrected chi connectivity index (χ0v) is 13.8. The van der Waals surface area contributed by atoms with Crippen LogP contribution in [0, 0.1) is 0 Å². The van der Waals surface area contributed by atoms with Crippen molar-refractivity contribution in [1.82, 2.24) is 9.97 Å². The van der Waals surface area contributed by atoms with Gasteiger partial charge in [-0.25, -0.2) is 4.98 Å². The molecule has 23 heavy (non-hydrogen) atoms. The van der Waals surface area contributed by atoms with E-state index in [1.54, 1.807) is 0 Å².